The average Bonchev–Trinajstić information content (AvgIpc) is 2.43. The van der Waals surface area contributed by atoms with Gasteiger partial charge >= 0.3 is 0 Å². The lowest BCUT2D eigenvalue weighted by molar-refractivity contribution is 0.0320. The van der Waals surface area contributed by atoms with Crippen LogP contribution in [0.5, 0.6) is 11.5 Å². The van der Waals surface area contributed by atoms with Crippen LogP contribution in [-0.4, -0.2) is 43.4 Å². The molecule has 1 aromatic carbocycles. The van der Waals surface area contributed by atoms with Gasteiger partial charge in [0, 0.05) is 19.6 Å². The van der Waals surface area contributed by atoms with Gasteiger partial charge in [0.05, 0.1) is 20.3 Å². The monoisotopic (exact) mass is 265 g/mol. The van der Waals surface area contributed by atoms with E-state index in [-0.39, 0.29) is 6.10 Å². The number of hydrogen-bond acceptors (Lipinski definition) is 4. The molecule has 1 fully saturated rings. The second-order valence-corrected chi connectivity index (χ2v) is 5.26. The van der Waals surface area contributed by atoms with Crippen LogP contribution in [0.3, 0.4) is 0 Å². The predicted octanol–water partition coefficient (Wildman–Crippen LogP) is 1.91. The van der Waals surface area contributed by atoms with Gasteiger partial charge < -0.3 is 14.6 Å². The fourth-order valence-corrected chi connectivity index (χ4v) is 2.60. The largest absolute Gasteiger partial charge is 0.493 e. The van der Waals surface area contributed by atoms with Crippen LogP contribution in [0.2, 0.25) is 0 Å². The number of methoxy groups -OCH3 is 2. The summed E-state index contributed by atoms with van der Waals surface area (Å²) >= 11 is 0. The van der Waals surface area contributed by atoms with Crippen molar-refractivity contribution in [3.8, 4) is 11.5 Å². The van der Waals surface area contributed by atoms with Crippen LogP contribution in [0.4, 0.5) is 0 Å². The van der Waals surface area contributed by atoms with Crippen molar-refractivity contribution in [2.75, 3.05) is 27.3 Å². The summed E-state index contributed by atoms with van der Waals surface area (Å²) in [5.41, 5.74) is 1.21. The maximum Gasteiger partial charge on any atom is 0.161 e. The van der Waals surface area contributed by atoms with Crippen LogP contribution in [0.1, 0.15) is 18.9 Å². The maximum atomic E-state index is 9.75. The molecule has 0 aromatic heterocycles. The van der Waals surface area contributed by atoms with E-state index >= 15 is 0 Å². The van der Waals surface area contributed by atoms with Crippen molar-refractivity contribution in [1.29, 1.82) is 0 Å². The maximum absolute atomic E-state index is 9.75. The molecular weight excluding hydrogens is 242 g/mol. The molecule has 0 spiro atoms. The SMILES string of the molecule is COc1ccc(CN2CCC(O)C(C)C2)cc1OC. The van der Waals surface area contributed by atoms with E-state index in [1.165, 1.54) is 5.56 Å². The molecule has 1 aliphatic rings. The number of benzene rings is 1. The van der Waals surface area contributed by atoms with Gasteiger partial charge in [-0.25, -0.2) is 0 Å². The van der Waals surface area contributed by atoms with Crippen LogP contribution < -0.4 is 9.47 Å². The Labute approximate surface area is 114 Å². The van der Waals surface area contributed by atoms with Crippen LogP contribution in [0.15, 0.2) is 18.2 Å². The van der Waals surface area contributed by atoms with Crippen LogP contribution in [0.25, 0.3) is 0 Å². The summed E-state index contributed by atoms with van der Waals surface area (Å²) in [5.74, 6) is 1.87. The molecule has 1 aliphatic heterocycles. The number of aliphatic hydroxyl groups excluding tert-OH is 1. The molecule has 2 rings (SSSR count). The highest BCUT2D eigenvalue weighted by molar-refractivity contribution is 5.42. The lowest BCUT2D eigenvalue weighted by atomic mass is 9.96. The molecule has 1 aromatic rings. The number of piperidine rings is 1. The number of ether oxygens (including phenoxy) is 2. The Kier molecular flexibility index (Phi) is 4.66. The molecule has 4 heteroatoms. The van der Waals surface area contributed by atoms with Crippen molar-refractivity contribution < 1.29 is 14.6 Å². The highest BCUT2D eigenvalue weighted by Crippen LogP contribution is 2.28. The highest BCUT2D eigenvalue weighted by Gasteiger charge is 2.24. The Morgan fingerprint density at radius 1 is 1.26 bits per heavy atom. The van der Waals surface area contributed by atoms with Crippen molar-refractivity contribution in [2.24, 2.45) is 5.92 Å². The normalized spacial score (nSPS) is 24.2. The fourth-order valence-electron chi connectivity index (χ4n) is 2.60. The topological polar surface area (TPSA) is 41.9 Å². The molecule has 1 heterocycles. The van der Waals surface area contributed by atoms with Gasteiger partial charge in [-0.3, -0.25) is 4.90 Å². The van der Waals surface area contributed by atoms with Gasteiger partial charge in [0.1, 0.15) is 0 Å². The third kappa shape index (κ3) is 3.39. The molecular formula is C15H23NO3. The molecule has 0 saturated carbocycles. The van der Waals surface area contributed by atoms with Gasteiger partial charge in [0.15, 0.2) is 11.5 Å². The minimum absolute atomic E-state index is 0.151. The predicted molar refractivity (Wildman–Crippen MR) is 74.6 cm³/mol. The molecule has 19 heavy (non-hydrogen) atoms. The van der Waals surface area contributed by atoms with Gasteiger partial charge in [-0.15, -0.1) is 0 Å². The Hall–Kier alpha value is -1.26. The van der Waals surface area contributed by atoms with Gasteiger partial charge in [0.25, 0.3) is 0 Å². The molecule has 106 valence electrons. The standard InChI is InChI=1S/C15H23NO3/c1-11-9-16(7-6-13(11)17)10-12-4-5-14(18-2)15(8-12)19-3/h4-5,8,11,13,17H,6-7,9-10H2,1-3H3. The summed E-state index contributed by atoms with van der Waals surface area (Å²) in [4.78, 5) is 2.37. The van der Waals surface area contributed by atoms with E-state index < -0.39 is 0 Å². The smallest absolute Gasteiger partial charge is 0.161 e. The first-order chi connectivity index (χ1) is 9.13. The second-order valence-electron chi connectivity index (χ2n) is 5.26. The summed E-state index contributed by atoms with van der Waals surface area (Å²) in [5, 5.41) is 9.75. The van der Waals surface area contributed by atoms with E-state index in [9.17, 15) is 5.11 Å². The lowest BCUT2D eigenvalue weighted by Gasteiger charge is -2.34. The summed E-state index contributed by atoms with van der Waals surface area (Å²) in [6, 6.07) is 6.03. The molecule has 1 saturated heterocycles. The average molecular weight is 265 g/mol. The number of aliphatic hydroxyl groups is 1. The van der Waals surface area contributed by atoms with Gasteiger partial charge in [-0.05, 0) is 30.0 Å². The molecule has 0 radical (unpaired) electrons. The van der Waals surface area contributed by atoms with Crippen molar-refractivity contribution in [1.82, 2.24) is 4.90 Å². The highest BCUT2D eigenvalue weighted by atomic mass is 16.5. The van der Waals surface area contributed by atoms with Gasteiger partial charge in [-0.1, -0.05) is 13.0 Å². The summed E-state index contributed by atoms with van der Waals surface area (Å²) in [6.07, 6.45) is 0.704. The zero-order chi connectivity index (χ0) is 13.8. The van der Waals surface area contributed by atoms with E-state index in [0.29, 0.717) is 5.92 Å². The molecule has 0 bridgehead atoms. The number of hydrogen-bond donors (Lipinski definition) is 1. The third-order valence-electron chi connectivity index (χ3n) is 3.80. The van der Waals surface area contributed by atoms with Crippen LogP contribution in [0, 0.1) is 5.92 Å². The first-order valence-electron chi connectivity index (χ1n) is 6.75. The second kappa shape index (κ2) is 6.26. The zero-order valence-electron chi connectivity index (χ0n) is 11.9. The summed E-state index contributed by atoms with van der Waals surface area (Å²) in [6.45, 7) is 4.87. The van der Waals surface area contributed by atoms with Gasteiger partial charge in [-0.2, -0.15) is 0 Å². The molecule has 0 aliphatic carbocycles. The zero-order valence-corrected chi connectivity index (χ0v) is 11.9. The minimum atomic E-state index is -0.151. The van der Waals surface area contributed by atoms with Crippen molar-refractivity contribution in [2.45, 2.75) is 26.0 Å². The van der Waals surface area contributed by atoms with Crippen molar-refractivity contribution in [3.05, 3.63) is 23.8 Å². The van der Waals surface area contributed by atoms with E-state index in [4.69, 9.17) is 9.47 Å². The van der Waals surface area contributed by atoms with E-state index in [0.717, 1.165) is 37.6 Å². The summed E-state index contributed by atoms with van der Waals surface area (Å²) in [7, 11) is 3.30. The fraction of sp³-hybridized carbons (Fsp3) is 0.600. The van der Waals surface area contributed by atoms with Crippen LogP contribution in [-0.2, 0) is 6.54 Å². The van der Waals surface area contributed by atoms with E-state index in [2.05, 4.69) is 17.9 Å². The first kappa shape index (κ1) is 14.2. The minimum Gasteiger partial charge on any atom is -0.493 e. The molecule has 2 unspecified atom stereocenters. The van der Waals surface area contributed by atoms with E-state index in [1.54, 1.807) is 14.2 Å². The van der Waals surface area contributed by atoms with Crippen molar-refractivity contribution in [3.63, 3.8) is 0 Å². The summed E-state index contributed by atoms with van der Waals surface area (Å²) < 4.78 is 10.6. The third-order valence-corrected chi connectivity index (χ3v) is 3.80. The Bertz CT molecular complexity index is 422. The van der Waals surface area contributed by atoms with Crippen molar-refractivity contribution >= 4 is 0 Å². The molecule has 4 nitrogen and oxygen atoms in total. The Morgan fingerprint density at radius 2 is 2.00 bits per heavy atom. The quantitative estimate of drug-likeness (QED) is 0.903. The number of rotatable bonds is 4. The molecule has 1 N–H and O–H groups in total. The van der Waals surface area contributed by atoms with Gasteiger partial charge in [0.2, 0.25) is 0 Å². The van der Waals surface area contributed by atoms with Crippen LogP contribution >= 0.6 is 0 Å². The first-order valence-corrected chi connectivity index (χ1v) is 6.75. The molecule has 0 amide bonds. The Morgan fingerprint density at radius 3 is 2.63 bits per heavy atom. The lowest BCUT2D eigenvalue weighted by Crippen LogP contribution is -2.41. The van der Waals surface area contributed by atoms with E-state index in [1.807, 2.05) is 12.1 Å². The number of likely N-dealkylation sites (tertiary alicyclic amines) is 1. The Balaban J connectivity index is 2.03. The number of nitrogens with zero attached hydrogens (tertiary/aromatic N) is 1. The molecule has 2 atom stereocenters.